The van der Waals surface area contributed by atoms with E-state index in [0.29, 0.717) is 8.58 Å². The highest BCUT2D eigenvalue weighted by Crippen LogP contribution is 2.30. The highest BCUT2D eigenvalue weighted by molar-refractivity contribution is 7.56. The van der Waals surface area contributed by atoms with E-state index in [1.165, 1.54) is 10.8 Å². The lowest BCUT2D eigenvalue weighted by atomic mass is 10.1. The van der Waals surface area contributed by atoms with Crippen molar-refractivity contribution in [1.29, 1.82) is 0 Å². The fraction of sp³-hybridized carbons (Fsp3) is 0. The maximum Gasteiger partial charge on any atom is 0.144 e. The summed E-state index contributed by atoms with van der Waals surface area (Å²) in [6, 6.07) is 25.0. The van der Waals surface area contributed by atoms with Gasteiger partial charge in [-0.05, 0) is 42.3 Å². The van der Waals surface area contributed by atoms with E-state index in [4.69, 9.17) is 0 Å². The lowest BCUT2D eigenvalue weighted by molar-refractivity contribution is -0.696. The number of hydrogen-bond acceptors (Lipinski definition) is 1. The van der Waals surface area contributed by atoms with Crippen LogP contribution in [-0.2, 0) is 0 Å². The third-order valence-corrected chi connectivity index (χ3v) is 5.90. The highest BCUT2D eigenvalue weighted by Gasteiger charge is 2.24. The van der Waals surface area contributed by atoms with Gasteiger partial charge in [0.15, 0.2) is 0 Å². The van der Waals surface area contributed by atoms with Crippen molar-refractivity contribution in [2.75, 3.05) is 0 Å². The zero-order valence-corrected chi connectivity index (χ0v) is 13.3. The molecule has 1 aliphatic heterocycles. The Bertz CT molecular complexity index is 988. The molecule has 0 aromatic heterocycles. The molecule has 5 rings (SSSR count). The molecule has 0 unspecified atom stereocenters. The van der Waals surface area contributed by atoms with Crippen LogP contribution in [0.5, 0.6) is 0 Å². The average Bonchev–Trinajstić information content (AvgIpc) is 2.59. The molecule has 23 heavy (non-hydrogen) atoms. The van der Waals surface area contributed by atoms with Gasteiger partial charge in [-0.3, -0.25) is 0 Å². The van der Waals surface area contributed by atoms with Gasteiger partial charge in [0.05, 0.1) is 0 Å². The van der Waals surface area contributed by atoms with E-state index in [1.807, 2.05) is 24.3 Å². The van der Waals surface area contributed by atoms with Crippen LogP contribution in [0, 0.1) is 5.21 Å². The van der Waals surface area contributed by atoms with Crippen LogP contribution in [-0.4, -0.2) is 0 Å². The van der Waals surface area contributed by atoms with Gasteiger partial charge in [-0.2, -0.15) is 0 Å². The first-order chi connectivity index (χ1) is 11.3. The standard InChI is InChI=1S/C20H14NOP/c22-21-17-9-13-5-1-3-7-15(13)11-19(17)23-20-12-16-8-4-2-6-14(16)10-18(20)21/h1-12,21,23H. The van der Waals surface area contributed by atoms with E-state index in [1.54, 1.807) is 0 Å². The first-order valence-corrected chi connectivity index (χ1v) is 8.67. The maximum atomic E-state index is 13.0. The smallest absolute Gasteiger partial charge is 0.144 e. The molecule has 4 aromatic carbocycles. The number of nitrogens with one attached hydrogen (secondary N) is 1. The van der Waals surface area contributed by atoms with Crippen molar-refractivity contribution >= 4 is 52.1 Å². The summed E-state index contributed by atoms with van der Waals surface area (Å²) in [5.41, 5.74) is 1.73. The van der Waals surface area contributed by atoms with Crippen LogP contribution in [0.2, 0.25) is 0 Å². The van der Waals surface area contributed by atoms with Crippen molar-refractivity contribution < 1.29 is 5.06 Å². The lowest BCUT2D eigenvalue weighted by Gasteiger charge is -2.30. The molecule has 0 saturated carbocycles. The fourth-order valence-corrected chi connectivity index (χ4v) is 4.74. The molecule has 4 aromatic rings. The molecule has 1 N–H and O–H groups in total. The first kappa shape index (κ1) is 13.2. The molecule has 0 bridgehead atoms. The Morgan fingerprint density at radius 3 is 1.43 bits per heavy atom. The topological polar surface area (TPSA) is 27.5 Å². The molecular formula is C20H14NOP. The molecule has 0 atom stereocenters. The van der Waals surface area contributed by atoms with Crippen LogP contribution < -0.4 is 15.7 Å². The Morgan fingerprint density at radius 2 is 1.00 bits per heavy atom. The van der Waals surface area contributed by atoms with Gasteiger partial charge < -0.3 is 10.3 Å². The molecule has 0 spiro atoms. The molecular weight excluding hydrogens is 301 g/mol. The lowest BCUT2D eigenvalue weighted by Crippen LogP contribution is -2.99. The minimum atomic E-state index is 0.158. The van der Waals surface area contributed by atoms with Crippen molar-refractivity contribution in [2.24, 2.45) is 0 Å². The first-order valence-electron chi connectivity index (χ1n) is 7.67. The predicted octanol–water partition coefficient (Wildman–Crippen LogP) is 3.28. The van der Waals surface area contributed by atoms with E-state index in [0.717, 1.165) is 32.8 Å². The number of benzene rings is 4. The van der Waals surface area contributed by atoms with Gasteiger partial charge in [0.2, 0.25) is 0 Å². The quantitative estimate of drug-likeness (QED) is 0.391. The van der Waals surface area contributed by atoms with Crippen LogP contribution in [0.15, 0.2) is 72.8 Å². The Kier molecular flexibility index (Phi) is 2.80. The van der Waals surface area contributed by atoms with Crippen LogP contribution in [0.3, 0.4) is 0 Å². The molecule has 0 fully saturated rings. The van der Waals surface area contributed by atoms with Crippen molar-refractivity contribution in [1.82, 2.24) is 0 Å². The van der Waals surface area contributed by atoms with E-state index in [9.17, 15) is 5.21 Å². The van der Waals surface area contributed by atoms with Gasteiger partial charge in [0, 0.05) is 22.7 Å². The van der Waals surface area contributed by atoms with E-state index >= 15 is 0 Å². The Morgan fingerprint density at radius 1 is 0.609 bits per heavy atom. The summed E-state index contributed by atoms with van der Waals surface area (Å²) >= 11 is 0. The summed E-state index contributed by atoms with van der Waals surface area (Å²) in [6.07, 6.45) is 0. The third-order valence-electron chi connectivity index (χ3n) is 4.53. The second kappa shape index (κ2) is 4.87. The predicted molar refractivity (Wildman–Crippen MR) is 99.1 cm³/mol. The number of fused-ring (bicyclic) bond motifs is 4. The summed E-state index contributed by atoms with van der Waals surface area (Å²) in [5, 5.41) is 20.2. The normalized spacial score (nSPS) is 17.3. The minimum Gasteiger partial charge on any atom is -0.623 e. The zero-order chi connectivity index (χ0) is 15.4. The van der Waals surface area contributed by atoms with E-state index in [-0.39, 0.29) is 5.06 Å². The molecule has 0 aliphatic carbocycles. The summed E-state index contributed by atoms with van der Waals surface area (Å²) in [4.78, 5) is 0. The van der Waals surface area contributed by atoms with E-state index in [2.05, 4.69) is 48.5 Å². The number of rotatable bonds is 0. The summed E-state index contributed by atoms with van der Waals surface area (Å²) in [5.74, 6) is 0. The van der Waals surface area contributed by atoms with Gasteiger partial charge in [0.1, 0.15) is 11.4 Å². The van der Waals surface area contributed by atoms with Crippen molar-refractivity contribution in [2.45, 2.75) is 0 Å². The fourth-order valence-electron chi connectivity index (χ4n) is 3.35. The molecule has 0 radical (unpaired) electrons. The van der Waals surface area contributed by atoms with Crippen molar-refractivity contribution in [3.05, 3.63) is 78.0 Å². The Balaban J connectivity index is 1.76. The molecule has 1 heterocycles. The van der Waals surface area contributed by atoms with Gasteiger partial charge in [-0.25, -0.2) is 0 Å². The zero-order valence-electron chi connectivity index (χ0n) is 12.3. The van der Waals surface area contributed by atoms with Gasteiger partial charge in [-0.15, -0.1) is 0 Å². The Labute approximate surface area is 135 Å². The summed E-state index contributed by atoms with van der Waals surface area (Å²) in [7, 11) is 0.536. The number of hydrogen-bond donors (Lipinski definition) is 1. The second-order valence-electron chi connectivity index (χ2n) is 5.94. The van der Waals surface area contributed by atoms with Crippen LogP contribution in [0.25, 0.3) is 21.5 Å². The third kappa shape index (κ3) is 2.00. The van der Waals surface area contributed by atoms with Gasteiger partial charge in [0.25, 0.3) is 0 Å². The largest absolute Gasteiger partial charge is 0.623 e. The molecule has 1 aliphatic rings. The Hall–Kier alpha value is -2.25. The van der Waals surface area contributed by atoms with E-state index < -0.39 is 0 Å². The molecule has 110 valence electrons. The van der Waals surface area contributed by atoms with Crippen LogP contribution in [0.1, 0.15) is 0 Å². The SMILES string of the molecule is [O-][NH+]1c2cc3ccccc3cc2Pc2cc3ccccc3cc21. The molecule has 3 heteroatoms. The number of quaternary nitrogens is 1. The van der Waals surface area contributed by atoms with Crippen molar-refractivity contribution in [3.8, 4) is 0 Å². The van der Waals surface area contributed by atoms with Crippen LogP contribution in [0.4, 0.5) is 11.4 Å². The molecule has 0 amide bonds. The van der Waals surface area contributed by atoms with Crippen LogP contribution >= 0.6 is 8.58 Å². The summed E-state index contributed by atoms with van der Waals surface area (Å²) in [6.45, 7) is 0. The molecule has 2 nitrogen and oxygen atoms in total. The monoisotopic (exact) mass is 315 g/mol. The summed E-state index contributed by atoms with van der Waals surface area (Å²) < 4.78 is 0. The van der Waals surface area contributed by atoms with Crippen molar-refractivity contribution in [3.63, 3.8) is 0 Å². The maximum absolute atomic E-state index is 13.0. The van der Waals surface area contributed by atoms with Gasteiger partial charge in [-0.1, -0.05) is 48.5 Å². The average molecular weight is 315 g/mol. The second-order valence-corrected chi connectivity index (χ2v) is 7.27. The highest BCUT2D eigenvalue weighted by atomic mass is 31.1. The minimum absolute atomic E-state index is 0.158. The van der Waals surface area contributed by atoms with Gasteiger partial charge >= 0.3 is 0 Å². The molecule has 0 saturated heterocycles.